The molecule has 0 radical (unpaired) electrons. The normalized spacial score (nSPS) is 17.5. The smallest absolute Gasteiger partial charge is 0.0346 e. The highest BCUT2D eigenvalue weighted by Crippen LogP contribution is 2.47. The minimum Gasteiger partial charge on any atom is -0.401 e. The van der Waals surface area contributed by atoms with E-state index in [0.717, 1.165) is 43.5 Å². The number of benzene rings is 1. The zero-order valence-corrected chi connectivity index (χ0v) is 14.5. The Morgan fingerprint density at radius 3 is 2.23 bits per heavy atom. The summed E-state index contributed by atoms with van der Waals surface area (Å²) in [5.41, 5.74) is 19.9. The summed E-state index contributed by atoms with van der Waals surface area (Å²) in [4.78, 5) is 0. The standard InChI is InChI=1S/C20H30N2/c1-5-14-11-16(9-10-18(14)21)17-12-15(6-2)19(22)20(7-3,8-4)13-17/h9-12H,5-8,13,21-22H2,1-4H3. The van der Waals surface area contributed by atoms with Crippen LogP contribution >= 0.6 is 0 Å². The number of hydrogen-bond donors (Lipinski definition) is 2. The van der Waals surface area contributed by atoms with E-state index in [1.165, 1.54) is 22.3 Å². The first-order valence-electron chi connectivity index (χ1n) is 8.59. The molecule has 1 aliphatic carbocycles. The molecule has 22 heavy (non-hydrogen) atoms. The molecule has 0 unspecified atom stereocenters. The molecule has 0 fully saturated rings. The van der Waals surface area contributed by atoms with Crippen molar-refractivity contribution in [3.8, 4) is 0 Å². The lowest BCUT2D eigenvalue weighted by molar-refractivity contribution is 0.325. The fourth-order valence-electron chi connectivity index (χ4n) is 3.61. The summed E-state index contributed by atoms with van der Waals surface area (Å²) in [6.45, 7) is 8.86. The number of anilines is 1. The van der Waals surface area contributed by atoms with Gasteiger partial charge in [0.05, 0.1) is 0 Å². The van der Waals surface area contributed by atoms with Gasteiger partial charge in [-0.15, -0.1) is 0 Å². The predicted octanol–water partition coefficient (Wildman–Crippen LogP) is 5.05. The quantitative estimate of drug-likeness (QED) is 0.748. The summed E-state index contributed by atoms with van der Waals surface area (Å²) in [5, 5.41) is 0. The Morgan fingerprint density at radius 2 is 1.68 bits per heavy atom. The molecule has 0 saturated heterocycles. The topological polar surface area (TPSA) is 52.0 Å². The third-order valence-corrected chi connectivity index (χ3v) is 5.42. The lowest BCUT2D eigenvalue weighted by Crippen LogP contribution is -2.31. The first-order chi connectivity index (χ1) is 10.5. The molecule has 1 aliphatic rings. The second-order valence-electron chi connectivity index (χ2n) is 6.39. The molecule has 1 aromatic rings. The summed E-state index contributed by atoms with van der Waals surface area (Å²) in [6.07, 6.45) is 7.48. The summed E-state index contributed by atoms with van der Waals surface area (Å²) >= 11 is 0. The van der Waals surface area contributed by atoms with Crippen LogP contribution in [0.5, 0.6) is 0 Å². The maximum absolute atomic E-state index is 6.53. The maximum atomic E-state index is 6.53. The van der Waals surface area contributed by atoms with Gasteiger partial charge in [0.15, 0.2) is 0 Å². The van der Waals surface area contributed by atoms with Crippen molar-refractivity contribution in [2.24, 2.45) is 11.1 Å². The van der Waals surface area contributed by atoms with Gasteiger partial charge in [0.2, 0.25) is 0 Å². The molecule has 1 aromatic carbocycles. The number of nitrogens with two attached hydrogens (primary N) is 2. The fraction of sp³-hybridized carbons (Fsp3) is 0.500. The average Bonchev–Trinajstić information content (AvgIpc) is 2.56. The van der Waals surface area contributed by atoms with E-state index in [4.69, 9.17) is 11.5 Å². The van der Waals surface area contributed by atoms with Crippen LogP contribution in [0.25, 0.3) is 5.57 Å². The van der Waals surface area contributed by atoms with E-state index in [2.05, 4.69) is 45.9 Å². The number of hydrogen-bond acceptors (Lipinski definition) is 2. The van der Waals surface area contributed by atoms with Gasteiger partial charge in [-0.05, 0) is 66.5 Å². The molecule has 0 bridgehead atoms. The number of aryl methyl sites for hydroxylation is 1. The van der Waals surface area contributed by atoms with Crippen LogP contribution in [0.1, 0.15) is 64.5 Å². The van der Waals surface area contributed by atoms with Gasteiger partial charge < -0.3 is 11.5 Å². The van der Waals surface area contributed by atoms with Gasteiger partial charge in [0.25, 0.3) is 0 Å². The van der Waals surface area contributed by atoms with E-state index < -0.39 is 0 Å². The van der Waals surface area contributed by atoms with Crippen molar-refractivity contribution in [2.75, 3.05) is 5.73 Å². The van der Waals surface area contributed by atoms with Crippen molar-refractivity contribution >= 4 is 11.3 Å². The number of allylic oxidation sites excluding steroid dienone is 4. The third-order valence-electron chi connectivity index (χ3n) is 5.42. The Balaban J connectivity index is 2.52. The van der Waals surface area contributed by atoms with E-state index in [1.54, 1.807) is 0 Å². The number of nitrogen functional groups attached to an aromatic ring is 1. The highest BCUT2D eigenvalue weighted by atomic mass is 14.7. The summed E-state index contributed by atoms with van der Waals surface area (Å²) in [6, 6.07) is 6.46. The van der Waals surface area contributed by atoms with Crippen molar-refractivity contribution in [2.45, 2.75) is 59.8 Å². The van der Waals surface area contributed by atoms with Crippen LogP contribution in [-0.2, 0) is 6.42 Å². The van der Waals surface area contributed by atoms with Gasteiger partial charge in [0.1, 0.15) is 0 Å². The first-order valence-corrected chi connectivity index (χ1v) is 8.59. The maximum Gasteiger partial charge on any atom is 0.0346 e. The fourth-order valence-corrected chi connectivity index (χ4v) is 3.61. The highest BCUT2D eigenvalue weighted by molar-refractivity contribution is 5.73. The molecule has 0 aromatic heterocycles. The predicted molar refractivity (Wildman–Crippen MR) is 97.3 cm³/mol. The van der Waals surface area contributed by atoms with Gasteiger partial charge in [-0.3, -0.25) is 0 Å². The average molecular weight is 298 g/mol. The van der Waals surface area contributed by atoms with Crippen LogP contribution in [0, 0.1) is 5.41 Å². The Labute approximate surface area is 135 Å². The lowest BCUT2D eigenvalue weighted by atomic mass is 9.68. The molecule has 0 atom stereocenters. The minimum atomic E-state index is 0.114. The molecule has 2 nitrogen and oxygen atoms in total. The largest absolute Gasteiger partial charge is 0.401 e. The minimum absolute atomic E-state index is 0.114. The zero-order valence-electron chi connectivity index (χ0n) is 14.5. The van der Waals surface area contributed by atoms with Crippen molar-refractivity contribution in [3.63, 3.8) is 0 Å². The van der Waals surface area contributed by atoms with E-state index in [9.17, 15) is 0 Å². The molecule has 4 N–H and O–H groups in total. The SMILES string of the molecule is CCC1=C(N)C(CC)(CC)CC(c2ccc(N)c(CC)c2)=C1. The Hall–Kier alpha value is -1.70. The van der Waals surface area contributed by atoms with E-state index >= 15 is 0 Å². The van der Waals surface area contributed by atoms with Crippen molar-refractivity contribution < 1.29 is 0 Å². The second-order valence-corrected chi connectivity index (χ2v) is 6.39. The Morgan fingerprint density at radius 1 is 1.00 bits per heavy atom. The molecule has 0 aliphatic heterocycles. The zero-order chi connectivity index (χ0) is 16.3. The molecule has 0 saturated carbocycles. The molecule has 120 valence electrons. The molecule has 2 heteroatoms. The van der Waals surface area contributed by atoms with Crippen LogP contribution in [0.4, 0.5) is 5.69 Å². The van der Waals surface area contributed by atoms with Crippen LogP contribution < -0.4 is 11.5 Å². The van der Waals surface area contributed by atoms with Gasteiger partial charge in [-0.25, -0.2) is 0 Å². The highest BCUT2D eigenvalue weighted by Gasteiger charge is 2.34. The monoisotopic (exact) mass is 298 g/mol. The van der Waals surface area contributed by atoms with Crippen molar-refractivity contribution in [1.82, 2.24) is 0 Å². The van der Waals surface area contributed by atoms with E-state index in [0.29, 0.717) is 0 Å². The molecular formula is C20H30N2. The summed E-state index contributed by atoms with van der Waals surface area (Å²) < 4.78 is 0. The molecule has 0 spiro atoms. The van der Waals surface area contributed by atoms with Gasteiger partial charge in [-0.1, -0.05) is 39.8 Å². The van der Waals surface area contributed by atoms with E-state index in [-0.39, 0.29) is 5.41 Å². The third kappa shape index (κ3) is 2.79. The van der Waals surface area contributed by atoms with Gasteiger partial charge in [-0.2, -0.15) is 0 Å². The molecule has 0 heterocycles. The van der Waals surface area contributed by atoms with Crippen molar-refractivity contribution in [3.05, 3.63) is 46.7 Å². The second kappa shape index (κ2) is 6.60. The summed E-state index contributed by atoms with van der Waals surface area (Å²) in [7, 11) is 0. The van der Waals surface area contributed by atoms with Crippen LogP contribution in [0.2, 0.25) is 0 Å². The first kappa shape index (κ1) is 16.7. The summed E-state index contributed by atoms with van der Waals surface area (Å²) in [5.74, 6) is 0. The molecule has 2 rings (SSSR count). The van der Waals surface area contributed by atoms with Crippen LogP contribution in [-0.4, -0.2) is 0 Å². The van der Waals surface area contributed by atoms with E-state index in [1.807, 2.05) is 6.07 Å². The van der Waals surface area contributed by atoms with Crippen molar-refractivity contribution in [1.29, 1.82) is 0 Å². The Bertz CT molecular complexity index is 604. The number of rotatable bonds is 5. The lowest BCUT2D eigenvalue weighted by Gasteiger charge is -2.38. The van der Waals surface area contributed by atoms with Gasteiger partial charge >= 0.3 is 0 Å². The van der Waals surface area contributed by atoms with Gasteiger partial charge in [0, 0.05) is 16.8 Å². The molecular weight excluding hydrogens is 268 g/mol. The van der Waals surface area contributed by atoms with Crippen LogP contribution in [0.15, 0.2) is 35.5 Å². The van der Waals surface area contributed by atoms with Crippen LogP contribution in [0.3, 0.4) is 0 Å². The Kier molecular flexibility index (Phi) is 5.00. The molecule has 0 amide bonds.